The van der Waals surface area contributed by atoms with E-state index < -0.39 is 11.3 Å². The highest BCUT2D eigenvalue weighted by Gasteiger charge is 2.15. The second-order valence-electron chi connectivity index (χ2n) is 7.21. The fourth-order valence-corrected chi connectivity index (χ4v) is 4.02. The summed E-state index contributed by atoms with van der Waals surface area (Å²) in [6.45, 7) is 1.94. The van der Waals surface area contributed by atoms with Crippen molar-refractivity contribution in [3.05, 3.63) is 48.0 Å². The van der Waals surface area contributed by atoms with Crippen LogP contribution < -0.4 is 15.4 Å². The van der Waals surface area contributed by atoms with E-state index in [1.54, 1.807) is 12.1 Å². The van der Waals surface area contributed by atoms with Gasteiger partial charge >= 0.3 is 6.03 Å². The summed E-state index contributed by atoms with van der Waals surface area (Å²) >= 11 is -2.14. The Morgan fingerprint density at radius 1 is 1.04 bits per heavy atom. The third kappa shape index (κ3) is 5.56. The first-order valence-electron chi connectivity index (χ1n) is 9.68. The lowest BCUT2D eigenvalue weighted by molar-refractivity contribution is 0.247. The van der Waals surface area contributed by atoms with E-state index in [4.69, 9.17) is 4.55 Å². The Morgan fingerprint density at radius 3 is 2.43 bits per heavy atom. The summed E-state index contributed by atoms with van der Waals surface area (Å²) in [4.78, 5) is 12.4. The molecule has 0 saturated heterocycles. The molecule has 2 aromatic carbocycles. The molecule has 0 spiro atoms. The number of aryl methyl sites for hydroxylation is 1. The smallest absolute Gasteiger partial charge is 0.319 e. The minimum Gasteiger partial charge on any atom is -0.335 e. The Hall–Kier alpha value is -2.38. The van der Waals surface area contributed by atoms with Crippen LogP contribution in [0, 0.1) is 6.92 Å². The first-order chi connectivity index (χ1) is 13.5. The van der Waals surface area contributed by atoms with Gasteiger partial charge in [0.1, 0.15) is 0 Å². The molecule has 1 saturated carbocycles. The lowest BCUT2D eigenvalue weighted by Gasteiger charge is -2.18. The first kappa shape index (κ1) is 20.4. The molecular weight excluding hydrogens is 374 g/mol. The molecule has 0 aliphatic heterocycles. The van der Waals surface area contributed by atoms with Crippen molar-refractivity contribution in [3.8, 4) is 11.1 Å². The highest BCUT2D eigenvalue weighted by atomic mass is 32.2. The quantitative estimate of drug-likeness (QED) is 0.417. The molecule has 0 heterocycles. The first-order valence-corrected chi connectivity index (χ1v) is 10.8. The molecule has 3 rings (SSSR count). The van der Waals surface area contributed by atoms with Crippen LogP contribution in [0.25, 0.3) is 11.1 Å². The zero-order chi connectivity index (χ0) is 19.9. The van der Waals surface area contributed by atoms with E-state index in [9.17, 15) is 9.00 Å². The molecule has 7 heteroatoms. The van der Waals surface area contributed by atoms with Crippen molar-refractivity contribution in [2.75, 3.05) is 10.0 Å². The van der Waals surface area contributed by atoms with Crippen molar-refractivity contribution in [1.29, 1.82) is 0 Å². The van der Waals surface area contributed by atoms with Crippen molar-refractivity contribution in [1.82, 2.24) is 5.32 Å². The van der Waals surface area contributed by atoms with Crippen LogP contribution in [0.4, 0.5) is 16.2 Å². The third-order valence-corrected chi connectivity index (χ3v) is 5.49. The van der Waals surface area contributed by atoms with E-state index >= 15 is 0 Å². The van der Waals surface area contributed by atoms with Crippen molar-refractivity contribution >= 4 is 28.7 Å². The van der Waals surface area contributed by atoms with E-state index in [1.165, 1.54) is 25.7 Å². The molecule has 0 bridgehead atoms. The predicted octanol–water partition coefficient (Wildman–Crippen LogP) is 5.05. The van der Waals surface area contributed by atoms with Gasteiger partial charge in [0, 0.05) is 17.3 Å². The molecule has 0 radical (unpaired) electrons. The van der Waals surface area contributed by atoms with Gasteiger partial charge in [-0.25, -0.2) is 9.00 Å². The molecule has 1 atom stereocenters. The molecular formula is C21H27N3O3S. The number of urea groups is 1. The minimum atomic E-state index is -2.14. The molecule has 1 aliphatic carbocycles. The van der Waals surface area contributed by atoms with Gasteiger partial charge in [-0.1, -0.05) is 49.9 Å². The number of rotatable bonds is 5. The van der Waals surface area contributed by atoms with Gasteiger partial charge in [0.15, 0.2) is 0 Å². The number of anilines is 2. The molecule has 0 aromatic heterocycles. The Balaban J connectivity index is 1.70. The largest absolute Gasteiger partial charge is 0.335 e. The molecule has 2 amide bonds. The normalized spacial score (nSPS) is 16.1. The van der Waals surface area contributed by atoms with Crippen molar-refractivity contribution in [2.24, 2.45) is 0 Å². The lowest BCUT2D eigenvalue weighted by atomic mass is 10.0. The van der Waals surface area contributed by atoms with E-state index in [2.05, 4.69) is 15.4 Å². The zero-order valence-corrected chi connectivity index (χ0v) is 16.8. The SMILES string of the molecule is Cc1cc(-c2ccccc2NS(=O)O)ccc1NC(=O)NC1CCCCCC1. The monoisotopic (exact) mass is 401 g/mol. The van der Waals surface area contributed by atoms with Crippen LogP contribution in [0.2, 0.25) is 0 Å². The second-order valence-corrected chi connectivity index (χ2v) is 7.92. The molecule has 150 valence electrons. The van der Waals surface area contributed by atoms with Gasteiger partial charge in [-0.15, -0.1) is 0 Å². The Kier molecular flexibility index (Phi) is 7.06. The van der Waals surface area contributed by atoms with Gasteiger partial charge in [-0.2, -0.15) is 0 Å². The summed E-state index contributed by atoms with van der Waals surface area (Å²) < 4.78 is 22.8. The van der Waals surface area contributed by atoms with Crippen molar-refractivity contribution in [3.63, 3.8) is 0 Å². The summed E-state index contributed by atoms with van der Waals surface area (Å²) in [5.74, 6) is 0. The highest BCUT2D eigenvalue weighted by Crippen LogP contribution is 2.31. The van der Waals surface area contributed by atoms with Gasteiger partial charge in [-0.3, -0.25) is 9.27 Å². The average molecular weight is 402 g/mol. The van der Waals surface area contributed by atoms with Crippen LogP contribution >= 0.6 is 0 Å². The number of carbonyl (C=O) groups is 1. The van der Waals surface area contributed by atoms with Gasteiger partial charge in [0.25, 0.3) is 11.3 Å². The Labute approximate surface area is 168 Å². The number of benzene rings is 2. The number of carbonyl (C=O) groups excluding carboxylic acids is 1. The van der Waals surface area contributed by atoms with Crippen LogP contribution in [-0.2, 0) is 11.3 Å². The molecule has 28 heavy (non-hydrogen) atoms. The predicted molar refractivity (Wildman–Crippen MR) is 115 cm³/mol. The summed E-state index contributed by atoms with van der Waals surface area (Å²) in [6.07, 6.45) is 6.93. The van der Waals surface area contributed by atoms with E-state index in [1.807, 2.05) is 37.3 Å². The Bertz CT molecular complexity index is 849. The van der Waals surface area contributed by atoms with Gasteiger partial charge in [0.2, 0.25) is 0 Å². The molecule has 1 aliphatic rings. The second kappa shape index (κ2) is 9.71. The van der Waals surface area contributed by atoms with Gasteiger partial charge in [-0.05, 0) is 49.1 Å². The molecule has 1 fully saturated rings. The van der Waals surface area contributed by atoms with E-state index in [0.29, 0.717) is 5.69 Å². The van der Waals surface area contributed by atoms with E-state index in [-0.39, 0.29) is 12.1 Å². The molecule has 1 unspecified atom stereocenters. The van der Waals surface area contributed by atoms with Gasteiger partial charge in [0.05, 0.1) is 5.69 Å². The summed E-state index contributed by atoms with van der Waals surface area (Å²) in [5, 5.41) is 6.04. The standard InChI is InChI=1S/C21H27N3O3S/c1-15-14-16(18-10-6-7-11-20(18)24-28(26)27)12-13-19(15)23-21(25)22-17-8-4-2-3-5-9-17/h6-7,10-14,17,24H,2-5,8-9H2,1H3,(H,26,27)(H2,22,23,25). The third-order valence-electron chi connectivity index (χ3n) is 5.10. The summed E-state index contributed by atoms with van der Waals surface area (Å²) in [5.41, 5.74) is 3.98. The van der Waals surface area contributed by atoms with Crippen molar-refractivity contribution in [2.45, 2.75) is 51.5 Å². The number of para-hydroxylation sites is 1. The van der Waals surface area contributed by atoms with Gasteiger partial charge < -0.3 is 10.6 Å². The van der Waals surface area contributed by atoms with Crippen molar-refractivity contribution < 1.29 is 13.6 Å². The maximum atomic E-state index is 12.4. The van der Waals surface area contributed by atoms with Crippen LogP contribution in [0.1, 0.15) is 44.1 Å². The lowest BCUT2D eigenvalue weighted by Crippen LogP contribution is -2.37. The maximum absolute atomic E-state index is 12.4. The van der Waals surface area contributed by atoms with E-state index in [0.717, 1.165) is 35.2 Å². The molecule has 2 aromatic rings. The zero-order valence-electron chi connectivity index (χ0n) is 16.0. The van der Waals surface area contributed by atoms with Crippen LogP contribution in [0.15, 0.2) is 42.5 Å². The average Bonchev–Trinajstić information content (AvgIpc) is 2.92. The van der Waals surface area contributed by atoms with Crippen LogP contribution in [-0.4, -0.2) is 20.8 Å². The fraction of sp³-hybridized carbons (Fsp3) is 0.381. The molecule has 6 nitrogen and oxygen atoms in total. The maximum Gasteiger partial charge on any atom is 0.319 e. The summed E-state index contributed by atoms with van der Waals surface area (Å²) in [6, 6.07) is 13.1. The summed E-state index contributed by atoms with van der Waals surface area (Å²) in [7, 11) is 0. The number of amides is 2. The number of nitrogens with one attached hydrogen (secondary N) is 3. The topological polar surface area (TPSA) is 90.5 Å². The highest BCUT2D eigenvalue weighted by molar-refractivity contribution is 7.80. The fourth-order valence-electron chi connectivity index (χ4n) is 3.66. The number of hydrogen-bond donors (Lipinski definition) is 4. The minimum absolute atomic E-state index is 0.166. The van der Waals surface area contributed by atoms with Crippen LogP contribution in [0.5, 0.6) is 0 Å². The molecule has 4 N–H and O–H groups in total. The van der Waals surface area contributed by atoms with Crippen LogP contribution in [0.3, 0.4) is 0 Å². The Morgan fingerprint density at radius 2 is 1.75 bits per heavy atom. The number of hydrogen-bond acceptors (Lipinski definition) is 2.